The van der Waals surface area contributed by atoms with Crippen LogP contribution in [-0.2, 0) is 20.0 Å². The SMILES string of the molecule is Cc1ccc(S(=O)(=O)N2CN3CN(S(=O)(=O)c4ccc(C)cc4)CC(C(=O)c4ccc(Cl)c(Cl)c4)(C3)C2)cc1. The molecular formula is C27H27Cl2N3O5S2. The number of halogens is 2. The van der Waals surface area contributed by atoms with E-state index in [0.717, 1.165) is 11.1 Å². The van der Waals surface area contributed by atoms with Gasteiger partial charge in [0.15, 0.2) is 5.78 Å². The fraction of sp³-hybridized carbons (Fsp3) is 0.296. The Kier molecular flexibility index (Phi) is 7.43. The van der Waals surface area contributed by atoms with E-state index in [2.05, 4.69) is 0 Å². The molecule has 2 saturated heterocycles. The third kappa shape index (κ3) is 5.27. The molecule has 2 heterocycles. The van der Waals surface area contributed by atoms with Crippen molar-refractivity contribution < 1.29 is 21.6 Å². The summed E-state index contributed by atoms with van der Waals surface area (Å²) in [6, 6.07) is 17.4. The normalized spacial score (nSPS) is 22.5. The third-order valence-electron chi connectivity index (χ3n) is 7.18. The largest absolute Gasteiger partial charge is 0.293 e. The van der Waals surface area contributed by atoms with Crippen LogP contribution in [0.5, 0.6) is 0 Å². The average Bonchev–Trinajstić information content (AvgIpc) is 2.89. The fourth-order valence-electron chi connectivity index (χ4n) is 5.14. The van der Waals surface area contributed by atoms with Crippen LogP contribution in [0.1, 0.15) is 21.5 Å². The smallest absolute Gasteiger partial charge is 0.244 e. The van der Waals surface area contributed by atoms with E-state index in [1.54, 1.807) is 29.2 Å². The van der Waals surface area contributed by atoms with Crippen molar-refractivity contribution in [1.82, 2.24) is 13.5 Å². The first-order chi connectivity index (χ1) is 18.3. The second-order valence-electron chi connectivity index (χ2n) is 10.2. The first-order valence-electron chi connectivity index (χ1n) is 12.2. The lowest BCUT2D eigenvalue weighted by Gasteiger charge is -2.52. The van der Waals surface area contributed by atoms with Gasteiger partial charge in [-0.2, -0.15) is 8.61 Å². The lowest BCUT2D eigenvalue weighted by atomic mass is 9.77. The van der Waals surface area contributed by atoms with E-state index in [4.69, 9.17) is 23.2 Å². The van der Waals surface area contributed by atoms with Crippen molar-refractivity contribution in [2.24, 2.45) is 5.41 Å². The summed E-state index contributed by atoms with van der Waals surface area (Å²) in [6.07, 6.45) is 0. The zero-order valence-electron chi connectivity index (χ0n) is 21.3. The van der Waals surface area contributed by atoms with Gasteiger partial charge < -0.3 is 0 Å². The van der Waals surface area contributed by atoms with Gasteiger partial charge in [-0.25, -0.2) is 16.8 Å². The molecule has 39 heavy (non-hydrogen) atoms. The Hall–Kier alpha value is -2.31. The van der Waals surface area contributed by atoms with E-state index < -0.39 is 31.2 Å². The molecule has 12 heteroatoms. The predicted molar refractivity (Wildman–Crippen MR) is 150 cm³/mol. The Morgan fingerprint density at radius 2 is 1.15 bits per heavy atom. The van der Waals surface area contributed by atoms with Crippen molar-refractivity contribution in [1.29, 1.82) is 0 Å². The molecule has 2 aliphatic rings. The summed E-state index contributed by atoms with van der Waals surface area (Å²) in [5.74, 6) is -0.404. The highest BCUT2D eigenvalue weighted by Gasteiger charge is 2.54. The molecule has 0 saturated carbocycles. The molecule has 0 spiro atoms. The van der Waals surface area contributed by atoms with Gasteiger partial charge >= 0.3 is 0 Å². The Balaban J connectivity index is 1.57. The van der Waals surface area contributed by atoms with Crippen LogP contribution in [0, 0.1) is 19.3 Å². The number of fused-ring (bicyclic) bond motifs is 2. The van der Waals surface area contributed by atoms with E-state index in [-0.39, 0.29) is 58.4 Å². The fourth-order valence-corrected chi connectivity index (χ4v) is 8.46. The molecule has 2 bridgehead atoms. The molecule has 0 N–H and O–H groups in total. The molecular weight excluding hydrogens is 581 g/mol. The number of hydrogen-bond acceptors (Lipinski definition) is 6. The van der Waals surface area contributed by atoms with Crippen LogP contribution in [0.2, 0.25) is 10.0 Å². The monoisotopic (exact) mass is 607 g/mol. The molecule has 0 radical (unpaired) electrons. The van der Waals surface area contributed by atoms with E-state index >= 15 is 0 Å². The number of carbonyl (C=O) groups is 1. The highest BCUT2D eigenvalue weighted by molar-refractivity contribution is 7.89. The minimum Gasteiger partial charge on any atom is -0.293 e. The molecule has 2 aliphatic heterocycles. The standard InChI is InChI=1S/C27H27Cl2N3O5S2/c1-19-3-8-22(9-4-19)38(34,35)31-15-27(26(33)21-7-12-24(28)25(29)13-21)14-30(17-31)18-32(16-27)39(36,37)23-10-5-20(2)6-11-23/h3-13H,14-18H2,1-2H3. The molecule has 0 aliphatic carbocycles. The molecule has 0 aromatic heterocycles. The number of rotatable bonds is 6. The summed E-state index contributed by atoms with van der Waals surface area (Å²) in [5, 5.41) is 0.447. The molecule has 0 atom stereocenters. The summed E-state index contributed by atoms with van der Waals surface area (Å²) in [6.45, 7) is 3.39. The molecule has 3 aromatic rings. The van der Waals surface area contributed by atoms with E-state index in [0.29, 0.717) is 0 Å². The zero-order valence-corrected chi connectivity index (χ0v) is 24.5. The topological polar surface area (TPSA) is 95.1 Å². The van der Waals surface area contributed by atoms with Gasteiger partial charge in [0.2, 0.25) is 20.0 Å². The Labute approximate surface area is 238 Å². The van der Waals surface area contributed by atoms with Gasteiger partial charge in [-0.15, -0.1) is 0 Å². The number of sulfonamides is 2. The van der Waals surface area contributed by atoms with Gasteiger partial charge in [-0.05, 0) is 56.3 Å². The van der Waals surface area contributed by atoms with Crippen molar-refractivity contribution in [3.05, 3.63) is 93.5 Å². The minimum absolute atomic E-state index is 0.0630. The summed E-state index contributed by atoms with van der Waals surface area (Å²) in [4.78, 5) is 16.0. The third-order valence-corrected chi connectivity index (χ3v) is 11.5. The van der Waals surface area contributed by atoms with E-state index in [1.807, 2.05) is 13.8 Å². The second kappa shape index (κ2) is 10.3. The number of benzene rings is 3. The van der Waals surface area contributed by atoms with Gasteiger partial charge in [-0.3, -0.25) is 9.69 Å². The molecule has 3 aromatic carbocycles. The highest BCUT2D eigenvalue weighted by atomic mass is 35.5. The molecule has 5 rings (SSSR count). The number of hydrogen-bond donors (Lipinski definition) is 0. The van der Waals surface area contributed by atoms with Crippen LogP contribution in [0.3, 0.4) is 0 Å². The van der Waals surface area contributed by atoms with Gasteiger partial charge in [0.05, 0.1) is 38.6 Å². The first kappa shape index (κ1) is 28.2. The van der Waals surface area contributed by atoms with E-state index in [9.17, 15) is 21.6 Å². The van der Waals surface area contributed by atoms with Crippen LogP contribution in [0.4, 0.5) is 0 Å². The van der Waals surface area contributed by atoms with Gasteiger partial charge in [-0.1, -0.05) is 58.6 Å². The lowest BCUT2D eigenvalue weighted by Crippen LogP contribution is -2.69. The molecule has 2 fully saturated rings. The molecule has 206 valence electrons. The minimum atomic E-state index is -3.98. The average molecular weight is 609 g/mol. The van der Waals surface area contributed by atoms with E-state index in [1.165, 1.54) is 51.1 Å². The maximum absolute atomic E-state index is 14.1. The first-order valence-corrected chi connectivity index (χ1v) is 15.8. The summed E-state index contributed by atoms with van der Waals surface area (Å²) in [5.41, 5.74) is 0.671. The van der Waals surface area contributed by atoms with Crippen LogP contribution < -0.4 is 0 Å². The van der Waals surface area contributed by atoms with Gasteiger partial charge in [0, 0.05) is 25.2 Å². The van der Waals surface area contributed by atoms with Crippen molar-refractivity contribution in [2.75, 3.05) is 33.0 Å². The number of nitrogens with zero attached hydrogens (tertiary/aromatic N) is 3. The summed E-state index contributed by atoms with van der Waals surface area (Å²) < 4.78 is 57.2. The molecule has 8 nitrogen and oxygen atoms in total. The Morgan fingerprint density at radius 1 is 0.692 bits per heavy atom. The number of Topliss-reactive ketones (excluding diaryl/α,β-unsaturated/α-hetero) is 1. The van der Waals surface area contributed by atoms with Crippen LogP contribution in [-0.4, -0.2) is 69.1 Å². The maximum Gasteiger partial charge on any atom is 0.244 e. The van der Waals surface area contributed by atoms with Crippen molar-refractivity contribution in [3.63, 3.8) is 0 Å². The quantitative estimate of drug-likeness (QED) is 0.385. The predicted octanol–water partition coefficient (Wildman–Crippen LogP) is 4.41. The Bertz CT molecular complexity index is 1560. The van der Waals surface area contributed by atoms with Crippen molar-refractivity contribution in [3.8, 4) is 0 Å². The molecule has 0 unspecified atom stereocenters. The number of ketones is 1. The maximum atomic E-state index is 14.1. The van der Waals surface area contributed by atoms with Crippen LogP contribution in [0.15, 0.2) is 76.5 Å². The van der Waals surface area contributed by atoms with Crippen molar-refractivity contribution in [2.45, 2.75) is 23.6 Å². The zero-order chi connectivity index (χ0) is 28.2. The lowest BCUT2D eigenvalue weighted by molar-refractivity contribution is -0.0268. The molecule has 0 amide bonds. The van der Waals surface area contributed by atoms with Crippen LogP contribution in [0.25, 0.3) is 0 Å². The summed E-state index contributed by atoms with van der Waals surface area (Å²) >= 11 is 12.3. The number of carbonyl (C=O) groups excluding carboxylic acids is 1. The highest BCUT2D eigenvalue weighted by Crippen LogP contribution is 2.39. The van der Waals surface area contributed by atoms with Gasteiger partial charge in [0.25, 0.3) is 0 Å². The summed E-state index contributed by atoms with van der Waals surface area (Å²) in [7, 11) is -7.95. The van der Waals surface area contributed by atoms with Crippen molar-refractivity contribution >= 4 is 49.0 Å². The number of aryl methyl sites for hydroxylation is 2. The van der Waals surface area contributed by atoms with Crippen LogP contribution >= 0.6 is 23.2 Å². The Morgan fingerprint density at radius 3 is 1.59 bits per heavy atom. The second-order valence-corrected chi connectivity index (χ2v) is 14.9. The van der Waals surface area contributed by atoms with Gasteiger partial charge in [0.1, 0.15) is 0 Å².